The first-order valence-corrected chi connectivity index (χ1v) is 13.4. The van der Waals surface area contributed by atoms with Gasteiger partial charge in [0.05, 0.1) is 21.8 Å². The van der Waals surface area contributed by atoms with E-state index in [2.05, 4.69) is 39.2 Å². The number of carbonyl (C=O) groups is 1. The number of aliphatic hydroxyl groups excluding tert-OH is 1. The number of rotatable bonds is 9. The maximum atomic E-state index is 12.5. The number of carbonyl (C=O) groups excluding carboxylic acids is 1. The van der Waals surface area contributed by atoms with E-state index in [4.69, 9.17) is 4.74 Å². The van der Waals surface area contributed by atoms with Crippen molar-refractivity contribution in [2.75, 3.05) is 51.2 Å². The van der Waals surface area contributed by atoms with Gasteiger partial charge >= 0.3 is 0 Å². The summed E-state index contributed by atoms with van der Waals surface area (Å²) >= 11 is 1.71. The highest BCUT2D eigenvalue weighted by molar-refractivity contribution is 7.18. The van der Waals surface area contributed by atoms with Gasteiger partial charge in [0.2, 0.25) is 5.91 Å². The third-order valence-corrected chi connectivity index (χ3v) is 8.01. The van der Waals surface area contributed by atoms with E-state index < -0.39 is 6.10 Å². The number of amides is 1. The van der Waals surface area contributed by atoms with Gasteiger partial charge in [0, 0.05) is 44.5 Å². The molecule has 1 unspecified atom stereocenters. The van der Waals surface area contributed by atoms with Crippen LogP contribution in [0.15, 0.2) is 36.4 Å². The van der Waals surface area contributed by atoms with Crippen molar-refractivity contribution < 1.29 is 14.6 Å². The lowest BCUT2D eigenvalue weighted by Gasteiger charge is -2.35. The van der Waals surface area contributed by atoms with Crippen molar-refractivity contribution in [3.8, 4) is 5.75 Å². The highest BCUT2D eigenvalue weighted by Gasteiger charge is 2.21. The molecule has 7 nitrogen and oxygen atoms in total. The Morgan fingerprint density at radius 1 is 1.11 bits per heavy atom. The second kappa shape index (κ2) is 11.0. The number of hydrogen-bond donors (Lipinski definition) is 2. The van der Waals surface area contributed by atoms with E-state index in [0.717, 1.165) is 72.1 Å². The van der Waals surface area contributed by atoms with E-state index in [1.807, 2.05) is 24.3 Å². The van der Waals surface area contributed by atoms with Crippen LogP contribution in [-0.4, -0.2) is 77.8 Å². The number of piperazine rings is 1. The van der Waals surface area contributed by atoms with Gasteiger partial charge in [0.25, 0.3) is 0 Å². The summed E-state index contributed by atoms with van der Waals surface area (Å²) in [5, 5.41) is 14.7. The van der Waals surface area contributed by atoms with E-state index in [1.165, 1.54) is 17.5 Å². The molecule has 0 radical (unpaired) electrons. The molecule has 186 valence electrons. The van der Waals surface area contributed by atoms with Gasteiger partial charge in [-0.2, -0.15) is 0 Å². The monoisotopic (exact) mass is 494 g/mol. The maximum absolute atomic E-state index is 12.5. The van der Waals surface area contributed by atoms with Crippen LogP contribution in [0.2, 0.25) is 0 Å². The van der Waals surface area contributed by atoms with Gasteiger partial charge in [-0.25, -0.2) is 4.98 Å². The van der Waals surface area contributed by atoms with Gasteiger partial charge < -0.3 is 15.2 Å². The van der Waals surface area contributed by atoms with Crippen molar-refractivity contribution in [3.63, 3.8) is 0 Å². The molecule has 0 bridgehead atoms. The minimum absolute atomic E-state index is 0.0352. The summed E-state index contributed by atoms with van der Waals surface area (Å²) in [5.41, 5.74) is 4.64. The van der Waals surface area contributed by atoms with Crippen molar-refractivity contribution in [2.45, 2.75) is 38.7 Å². The number of ether oxygens (including phenoxy) is 1. The lowest BCUT2D eigenvalue weighted by molar-refractivity contribution is -0.117. The first kappa shape index (κ1) is 24.2. The Hall–Kier alpha value is -2.52. The second-order valence-corrected chi connectivity index (χ2v) is 10.6. The normalized spacial score (nSPS) is 17.4. The van der Waals surface area contributed by atoms with E-state index in [1.54, 1.807) is 11.3 Å². The second-order valence-electron chi connectivity index (χ2n) is 9.52. The molecule has 1 atom stereocenters. The number of fused-ring (bicyclic) bond motifs is 2. The average molecular weight is 495 g/mol. The molecular formula is C27H34N4O3S. The summed E-state index contributed by atoms with van der Waals surface area (Å²) in [6.07, 6.45) is 3.83. The average Bonchev–Trinajstić information content (AvgIpc) is 3.49. The van der Waals surface area contributed by atoms with Gasteiger partial charge in [0.15, 0.2) is 0 Å². The summed E-state index contributed by atoms with van der Waals surface area (Å²) in [5.74, 6) is 0.775. The topological polar surface area (TPSA) is 77.9 Å². The number of nitrogens with one attached hydrogen (secondary N) is 1. The third-order valence-electron chi connectivity index (χ3n) is 6.83. The van der Waals surface area contributed by atoms with Crippen molar-refractivity contribution >= 4 is 33.1 Å². The number of anilines is 1. The van der Waals surface area contributed by atoms with E-state index >= 15 is 0 Å². The predicted molar refractivity (Wildman–Crippen MR) is 140 cm³/mol. The Morgan fingerprint density at radius 2 is 1.91 bits per heavy atom. The summed E-state index contributed by atoms with van der Waals surface area (Å²) in [6.45, 7) is 6.59. The zero-order valence-electron chi connectivity index (χ0n) is 20.3. The molecule has 2 aromatic carbocycles. The maximum Gasteiger partial charge on any atom is 0.238 e. The lowest BCUT2D eigenvalue weighted by atomic mass is 10.1. The smallest absolute Gasteiger partial charge is 0.238 e. The van der Waals surface area contributed by atoms with Crippen molar-refractivity contribution in [2.24, 2.45) is 0 Å². The molecule has 3 aromatic rings. The molecule has 0 spiro atoms. The first-order valence-electron chi connectivity index (χ1n) is 12.6. The Kier molecular flexibility index (Phi) is 7.63. The number of benzene rings is 2. The van der Waals surface area contributed by atoms with Crippen molar-refractivity contribution in [1.29, 1.82) is 0 Å². The zero-order valence-corrected chi connectivity index (χ0v) is 21.1. The number of thiazole rings is 1. The Labute approximate surface area is 210 Å². The van der Waals surface area contributed by atoms with Gasteiger partial charge in [0.1, 0.15) is 18.5 Å². The van der Waals surface area contributed by atoms with Gasteiger partial charge in [-0.1, -0.05) is 13.0 Å². The van der Waals surface area contributed by atoms with Gasteiger partial charge in [-0.3, -0.25) is 14.6 Å². The van der Waals surface area contributed by atoms with E-state index in [-0.39, 0.29) is 12.5 Å². The summed E-state index contributed by atoms with van der Waals surface area (Å²) in [4.78, 5) is 21.6. The fraction of sp³-hybridized carbons (Fsp3) is 0.481. The highest BCUT2D eigenvalue weighted by Crippen LogP contribution is 2.27. The van der Waals surface area contributed by atoms with Gasteiger partial charge in [-0.05, 0) is 61.1 Å². The number of aromatic nitrogens is 1. The molecule has 1 amide bonds. The standard InChI is InChI=1S/C27H34N4O3S/c1-2-27-29-24-15-23(8-9-25(24)35-27)34-18-22(32)16-30-10-12-31(13-11-30)17-26(33)28-21-7-6-19-4-3-5-20(19)14-21/h6-9,14-15,22,32H,2-5,10-13,16-18H2,1H3,(H,28,33). The summed E-state index contributed by atoms with van der Waals surface area (Å²) in [6, 6.07) is 12.2. The molecule has 1 aliphatic heterocycles. The number of nitrogens with zero attached hydrogens (tertiary/aromatic N) is 3. The number of aliphatic hydroxyl groups is 1. The number of aryl methyl sites for hydroxylation is 3. The fourth-order valence-electron chi connectivity index (χ4n) is 4.92. The van der Waals surface area contributed by atoms with E-state index in [0.29, 0.717) is 13.1 Å². The molecule has 8 heteroatoms. The fourth-order valence-corrected chi connectivity index (χ4v) is 5.81. The van der Waals surface area contributed by atoms with Crippen LogP contribution in [0.5, 0.6) is 5.75 Å². The van der Waals surface area contributed by atoms with E-state index in [9.17, 15) is 9.90 Å². The molecule has 1 fully saturated rings. The van der Waals surface area contributed by atoms with Crippen LogP contribution >= 0.6 is 11.3 Å². The molecule has 1 aromatic heterocycles. The van der Waals surface area contributed by atoms with Crippen LogP contribution in [0.25, 0.3) is 10.2 Å². The molecular weight excluding hydrogens is 460 g/mol. The Balaban J connectivity index is 1.02. The third kappa shape index (κ3) is 6.19. The summed E-state index contributed by atoms with van der Waals surface area (Å²) < 4.78 is 7.00. The molecule has 2 aliphatic rings. The molecule has 35 heavy (non-hydrogen) atoms. The largest absolute Gasteiger partial charge is 0.491 e. The SMILES string of the molecule is CCc1nc2cc(OCC(O)CN3CCN(CC(=O)Nc4ccc5c(c4)CCC5)CC3)ccc2s1. The Bertz CT molecular complexity index is 1170. The molecule has 0 saturated carbocycles. The van der Waals surface area contributed by atoms with Crippen LogP contribution in [0, 0.1) is 0 Å². The van der Waals surface area contributed by atoms with Crippen LogP contribution in [0.4, 0.5) is 5.69 Å². The van der Waals surface area contributed by atoms with Crippen molar-refractivity contribution in [1.82, 2.24) is 14.8 Å². The Morgan fingerprint density at radius 3 is 2.74 bits per heavy atom. The molecule has 2 N–H and O–H groups in total. The minimum Gasteiger partial charge on any atom is -0.491 e. The van der Waals surface area contributed by atoms with Crippen molar-refractivity contribution in [3.05, 3.63) is 52.5 Å². The minimum atomic E-state index is -0.568. The highest BCUT2D eigenvalue weighted by atomic mass is 32.1. The zero-order chi connectivity index (χ0) is 24.2. The molecule has 1 saturated heterocycles. The van der Waals surface area contributed by atoms with Crippen LogP contribution in [0.1, 0.15) is 29.5 Å². The molecule has 1 aliphatic carbocycles. The number of β-amino-alcohol motifs (C(OH)–C–C–N with tert-alkyl or cyclic N) is 1. The molecule has 5 rings (SSSR count). The van der Waals surface area contributed by atoms with Gasteiger partial charge in [-0.15, -0.1) is 11.3 Å². The number of hydrogen-bond acceptors (Lipinski definition) is 7. The predicted octanol–water partition coefficient (Wildman–Crippen LogP) is 3.34. The molecule has 2 heterocycles. The lowest BCUT2D eigenvalue weighted by Crippen LogP contribution is -2.50. The first-order chi connectivity index (χ1) is 17.1. The van der Waals surface area contributed by atoms with Crippen LogP contribution < -0.4 is 10.1 Å². The summed E-state index contributed by atoms with van der Waals surface area (Å²) in [7, 11) is 0. The van der Waals surface area contributed by atoms with Crippen LogP contribution in [0.3, 0.4) is 0 Å². The quantitative estimate of drug-likeness (QED) is 0.475. The van der Waals surface area contributed by atoms with Crippen LogP contribution in [-0.2, 0) is 24.1 Å².